The number of hydrogen-bond donors (Lipinski definition) is 0. The number of aryl methyl sites for hydroxylation is 4. The maximum absolute atomic E-state index is 11.2. The van der Waals surface area contributed by atoms with Gasteiger partial charge in [0.1, 0.15) is 31.0 Å². The van der Waals surface area contributed by atoms with Crippen LogP contribution in [-0.4, -0.2) is 41.2 Å². The fraction of sp³-hybridized carbons (Fsp3) is 0.140. The second-order valence-electron chi connectivity index (χ2n) is 18.3. The first-order chi connectivity index (χ1) is 33.7. The molecule has 69 heavy (non-hydrogen) atoms. The first-order valence-electron chi connectivity index (χ1n) is 23.2. The Morgan fingerprint density at radius 1 is 0.377 bits per heavy atom. The van der Waals surface area contributed by atoms with E-state index in [0.717, 1.165) is 73.3 Å². The summed E-state index contributed by atoms with van der Waals surface area (Å²) in [5.74, 6) is 1.65. The predicted octanol–water partition coefficient (Wildman–Crippen LogP) is 11.7. The van der Waals surface area contributed by atoms with Crippen LogP contribution in [-0.2, 0) is 0 Å². The predicted molar refractivity (Wildman–Crippen MR) is 282 cm³/mol. The van der Waals surface area contributed by atoms with Crippen LogP contribution in [0.3, 0.4) is 0 Å². The molecule has 0 amide bonds. The zero-order chi connectivity index (χ0) is 46.8. The van der Waals surface area contributed by atoms with Crippen molar-refractivity contribution >= 4 is 67.6 Å². The number of hydrogen-bond acceptors (Lipinski definition) is 11. The highest BCUT2D eigenvalue weighted by molar-refractivity contribution is 6.10. The summed E-state index contributed by atoms with van der Waals surface area (Å²) in [4.78, 5) is 27.8. The minimum Gasteiger partial charge on any atom is -0.328 e. The Morgan fingerprint density at radius 2 is 0.681 bits per heavy atom. The highest BCUT2D eigenvalue weighted by atomic mass is 15.4. The van der Waals surface area contributed by atoms with E-state index in [0.29, 0.717) is 32.2 Å². The van der Waals surface area contributed by atoms with Gasteiger partial charge in [-0.15, -0.1) is 0 Å². The number of fused-ring (bicyclic) bond motifs is 3. The molecule has 0 saturated carbocycles. The van der Waals surface area contributed by atoms with E-state index in [1.807, 2.05) is 12.4 Å². The van der Waals surface area contributed by atoms with Crippen LogP contribution >= 0.6 is 0 Å². The van der Waals surface area contributed by atoms with Crippen molar-refractivity contribution in [2.45, 2.75) is 27.7 Å². The number of nitrogens with zero attached hydrogens (tertiary/aromatic N) is 12. The van der Waals surface area contributed by atoms with Gasteiger partial charge in [0.05, 0.1) is 47.0 Å². The average Bonchev–Trinajstić information content (AvgIpc) is 4.25. The Hall–Kier alpha value is -8.95. The van der Waals surface area contributed by atoms with Gasteiger partial charge in [-0.05, 0) is 88.4 Å². The van der Waals surface area contributed by atoms with Crippen LogP contribution in [0, 0.1) is 39.0 Å². The van der Waals surface area contributed by atoms with Crippen molar-refractivity contribution in [3.63, 3.8) is 0 Å². The Labute approximate surface area is 402 Å². The Balaban J connectivity index is 1.01. The molecule has 0 atom stereocenters. The van der Waals surface area contributed by atoms with Crippen molar-refractivity contribution in [3.8, 4) is 11.8 Å². The van der Waals surface area contributed by atoms with Gasteiger partial charge < -0.3 is 43.8 Å². The van der Waals surface area contributed by atoms with Crippen molar-refractivity contribution in [1.29, 1.82) is 5.26 Å². The van der Waals surface area contributed by atoms with Crippen LogP contribution < -0.4 is 39.2 Å². The molecule has 12 heteroatoms. The van der Waals surface area contributed by atoms with Gasteiger partial charge >= 0.3 is 0 Å². The molecule has 12 rings (SSSR count). The fourth-order valence-electron chi connectivity index (χ4n) is 9.57. The van der Waals surface area contributed by atoms with Crippen LogP contribution in [0.15, 0.2) is 183 Å². The lowest BCUT2D eigenvalue weighted by atomic mass is 10.1. The molecule has 5 aromatic carbocycles. The van der Waals surface area contributed by atoms with E-state index in [4.69, 9.17) is 9.97 Å². The van der Waals surface area contributed by atoms with Crippen LogP contribution in [0.2, 0.25) is 0 Å². The zero-order valence-electron chi connectivity index (χ0n) is 39.0. The molecular formula is C57H50N12. The van der Waals surface area contributed by atoms with Crippen LogP contribution in [0.5, 0.6) is 0 Å². The summed E-state index contributed by atoms with van der Waals surface area (Å²) in [7, 11) is 0. The van der Waals surface area contributed by atoms with Gasteiger partial charge in [-0.1, -0.05) is 70.8 Å². The molecule has 0 N–H and O–H groups in total. The number of rotatable bonds is 9. The van der Waals surface area contributed by atoms with Gasteiger partial charge in [0.15, 0.2) is 0 Å². The molecule has 8 aromatic rings. The summed E-state index contributed by atoms with van der Waals surface area (Å²) in [6.07, 6.45) is 20.7. The maximum atomic E-state index is 11.2. The lowest BCUT2D eigenvalue weighted by Crippen LogP contribution is -2.28. The quantitative estimate of drug-likeness (QED) is 0.139. The lowest BCUT2D eigenvalue weighted by Gasteiger charge is -2.28. The molecule has 0 bridgehead atoms. The van der Waals surface area contributed by atoms with Crippen molar-refractivity contribution < 1.29 is 0 Å². The highest BCUT2D eigenvalue weighted by Crippen LogP contribution is 2.42. The van der Waals surface area contributed by atoms with Gasteiger partial charge in [-0.25, -0.2) is 9.97 Å². The summed E-state index contributed by atoms with van der Waals surface area (Å²) in [6, 6.07) is 45.7. The third-order valence-electron chi connectivity index (χ3n) is 13.6. The Morgan fingerprint density at radius 3 is 1.01 bits per heavy atom. The largest absolute Gasteiger partial charge is 0.328 e. The van der Waals surface area contributed by atoms with E-state index >= 15 is 0 Å². The molecular weight excluding hydrogens is 853 g/mol. The molecule has 0 saturated heterocycles. The monoisotopic (exact) mass is 902 g/mol. The minimum absolute atomic E-state index is 0.541. The Kier molecular flexibility index (Phi) is 10.1. The molecule has 7 heterocycles. The van der Waals surface area contributed by atoms with Crippen molar-refractivity contribution in [2.24, 2.45) is 0 Å². The first-order valence-corrected chi connectivity index (χ1v) is 23.2. The van der Waals surface area contributed by atoms with E-state index < -0.39 is 0 Å². The molecule has 0 radical (unpaired) electrons. The maximum Gasteiger partial charge on any atom is 0.136 e. The van der Waals surface area contributed by atoms with Crippen LogP contribution in [0.25, 0.3) is 27.5 Å². The van der Waals surface area contributed by atoms with E-state index in [1.165, 1.54) is 22.3 Å². The van der Waals surface area contributed by atoms with E-state index in [9.17, 15) is 5.26 Å². The van der Waals surface area contributed by atoms with E-state index in [-0.39, 0.29) is 0 Å². The second-order valence-corrected chi connectivity index (χ2v) is 18.3. The molecule has 4 aliphatic rings. The zero-order valence-corrected chi connectivity index (χ0v) is 39.0. The van der Waals surface area contributed by atoms with Crippen molar-refractivity contribution in [1.82, 2.24) is 14.5 Å². The van der Waals surface area contributed by atoms with Gasteiger partial charge in [0, 0.05) is 108 Å². The number of anilines is 8. The SMILES string of the molecule is Cc1ccc(N2C=CN(c3cc4c(cn3)c3cnc(N5C=CN(c6ccc(C)cc6)C5)cc3n4-c3cc(N4C=CN(c5ccc(C)cc5)C4)c(C#N)c(N4C=CN(c5ccc(C)cc5)C4)c3)C2)cc1. The van der Waals surface area contributed by atoms with E-state index in [2.05, 4.69) is 248 Å². The number of aromatic nitrogens is 3. The molecule has 0 unspecified atom stereocenters. The summed E-state index contributed by atoms with van der Waals surface area (Å²) in [6.45, 7) is 10.7. The molecule has 0 fully saturated rings. The van der Waals surface area contributed by atoms with Crippen LogP contribution in [0.1, 0.15) is 27.8 Å². The summed E-state index contributed by atoms with van der Waals surface area (Å²) in [5.41, 5.74) is 14.4. The van der Waals surface area contributed by atoms with Gasteiger partial charge in [0.2, 0.25) is 0 Å². The number of pyridine rings is 2. The van der Waals surface area contributed by atoms with Gasteiger partial charge in [0.25, 0.3) is 0 Å². The Bertz CT molecular complexity index is 3220. The fourth-order valence-corrected chi connectivity index (χ4v) is 9.57. The molecule has 12 nitrogen and oxygen atoms in total. The molecule has 3 aromatic heterocycles. The van der Waals surface area contributed by atoms with Crippen molar-refractivity contribution in [3.05, 3.63) is 211 Å². The van der Waals surface area contributed by atoms with E-state index in [1.54, 1.807) is 0 Å². The molecule has 338 valence electrons. The third kappa shape index (κ3) is 7.60. The number of benzene rings is 5. The standard InChI is InChI=1S/C57H50N12/c1-40-5-13-44(14-6-40)61-21-25-65(36-61)52-29-48(30-53(49(52)33-58)66-26-22-62(37-66)45-15-7-41(2)8-16-45)69-54-31-56(67-27-23-63(38-67)46-17-9-42(3)10-18-46)59-34-50(54)51-35-60-57(32-55(51)69)68-28-24-64(39-68)47-19-11-43(4)12-20-47/h5-32,34-35H,36-39H2,1-4H3. The molecule has 4 aliphatic heterocycles. The third-order valence-corrected chi connectivity index (χ3v) is 13.6. The van der Waals surface area contributed by atoms with Gasteiger partial charge in [-0.2, -0.15) is 5.26 Å². The average molecular weight is 903 g/mol. The second kappa shape index (κ2) is 16.7. The minimum atomic E-state index is 0.541. The summed E-state index contributed by atoms with van der Waals surface area (Å²) < 4.78 is 2.33. The van der Waals surface area contributed by atoms with Gasteiger partial charge in [-0.3, -0.25) is 0 Å². The summed E-state index contributed by atoms with van der Waals surface area (Å²) >= 11 is 0. The number of nitriles is 1. The first kappa shape index (κ1) is 41.5. The topological polar surface area (TPSA) is 80.4 Å². The van der Waals surface area contributed by atoms with Crippen LogP contribution in [0.4, 0.5) is 45.8 Å². The normalized spacial score (nSPS) is 15.4. The van der Waals surface area contributed by atoms with Crippen molar-refractivity contribution in [2.75, 3.05) is 65.9 Å². The molecule has 0 aliphatic carbocycles. The lowest BCUT2D eigenvalue weighted by molar-refractivity contribution is 0.951. The smallest absolute Gasteiger partial charge is 0.136 e. The molecule has 0 spiro atoms. The summed E-state index contributed by atoms with van der Waals surface area (Å²) in [5, 5.41) is 13.2. The highest BCUT2D eigenvalue weighted by Gasteiger charge is 2.28.